The van der Waals surface area contributed by atoms with Crippen LogP contribution in [0.25, 0.3) is 0 Å². The third-order valence-electron chi connectivity index (χ3n) is 2.08. The van der Waals surface area contributed by atoms with Crippen molar-refractivity contribution >= 4 is 35.7 Å². The maximum absolute atomic E-state index is 4.15. The highest BCUT2D eigenvalue weighted by Gasteiger charge is 2.00. The Hall–Kier alpha value is 0.220. The molecule has 0 aliphatic heterocycles. The minimum Gasteiger partial charge on any atom is -0.309 e. The summed E-state index contributed by atoms with van der Waals surface area (Å²) in [6, 6.07) is 0. The predicted octanol–water partition coefficient (Wildman–Crippen LogP) is 2.79. The first-order valence-corrected chi connectivity index (χ1v) is 7.84. The van der Waals surface area contributed by atoms with Crippen LogP contribution >= 0.6 is 35.7 Å². The Morgan fingerprint density at radius 3 is 2.69 bits per heavy atom. The lowest BCUT2D eigenvalue weighted by Crippen LogP contribution is -2.12. The van der Waals surface area contributed by atoms with Crippen molar-refractivity contribution < 1.29 is 0 Å². The Morgan fingerprint density at radius 2 is 2.06 bits per heavy atom. The van der Waals surface area contributed by atoms with Crippen LogP contribution in [0.5, 0.6) is 0 Å². The number of nitrogens with zero attached hydrogens (tertiary/aromatic N) is 3. The minimum atomic E-state index is 0.765. The van der Waals surface area contributed by atoms with Crippen molar-refractivity contribution in [1.82, 2.24) is 15.1 Å². The van der Waals surface area contributed by atoms with Crippen LogP contribution in [0, 0.1) is 0 Å². The van der Waals surface area contributed by atoms with Crippen molar-refractivity contribution in [3.63, 3.8) is 0 Å². The molecule has 0 radical (unpaired) electrons. The molecule has 0 saturated heterocycles. The standard InChI is InChI=1S/C10H19N3S3/c1-13(2)6-4-3-5-7-15-8-9-11-12-10(14)16-9/h3-8H2,1-2H3,(H,12,14). The highest BCUT2D eigenvalue weighted by molar-refractivity contribution is 7.98. The number of thioether (sulfide) groups is 1. The van der Waals surface area contributed by atoms with Gasteiger partial charge in [-0.25, -0.2) is 0 Å². The zero-order chi connectivity index (χ0) is 11.8. The summed E-state index contributed by atoms with van der Waals surface area (Å²) in [6.45, 7) is 1.20. The van der Waals surface area contributed by atoms with Crippen LogP contribution < -0.4 is 0 Å². The SMILES string of the molecule is CN(C)CCCCCSCc1nnc(S)s1. The van der Waals surface area contributed by atoms with Gasteiger partial charge in [0, 0.05) is 5.75 Å². The lowest BCUT2D eigenvalue weighted by Gasteiger charge is -2.08. The smallest absolute Gasteiger partial charge is 0.171 e. The summed E-state index contributed by atoms with van der Waals surface area (Å²) in [4.78, 5) is 2.24. The lowest BCUT2D eigenvalue weighted by atomic mass is 10.2. The molecule has 0 saturated carbocycles. The van der Waals surface area contributed by atoms with Crippen molar-refractivity contribution in [1.29, 1.82) is 0 Å². The summed E-state index contributed by atoms with van der Waals surface area (Å²) in [7, 11) is 4.25. The van der Waals surface area contributed by atoms with Gasteiger partial charge in [-0.1, -0.05) is 17.8 Å². The zero-order valence-corrected chi connectivity index (χ0v) is 12.4. The number of hydrogen-bond donors (Lipinski definition) is 1. The maximum Gasteiger partial charge on any atom is 0.171 e. The van der Waals surface area contributed by atoms with Crippen LogP contribution in [0.3, 0.4) is 0 Å². The Morgan fingerprint density at radius 1 is 1.25 bits per heavy atom. The van der Waals surface area contributed by atoms with E-state index in [0.29, 0.717) is 0 Å². The molecular weight excluding hydrogens is 258 g/mol. The summed E-state index contributed by atoms with van der Waals surface area (Å²) < 4.78 is 0.765. The topological polar surface area (TPSA) is 29.0 Å². The van der Waals surface area contributed by atoms with Crippen LogP contribution in [-0.2, 0) is 5.75 Å². The van der Waals surface area contributed by atoms with E-state index in [1.165, 1.54) is 31.6 Å². The maximum atomic E-state index is 4.15. The first-order chi connectivity index (χ1) is 7.68. The van der Waals surface area contributed by atoms with E-state index in [2.05, 4.69) is 41.8 Å². The fraction of sp³-hybridized carbons (Fsp3) is 0.800. The quantitative estimate of drug-likeness (QED) is 0.584. The molecule has 0 aromatic carbocycles. The average molecular weight is 277 g/mol. The first-order valence-electron chi connectivity index (χ1n) is 5.42. The average Bonchev–Trinajstić information content (AvgIpc) is 2.62. The molecule has 3 nitrogen and oxygen atoms in total. The molecule has 1 rings (SSSR count). The molecule has 0 aliphatic rings. The van der Waals surface area contributed by atoms with Gasteiger partial charge in [-0.2, -0.15) is 11.8 Å². The van der Waals surface area contributed by atoms with Crippen molar-refractivity contribution in [3.05, 3.63) is 5.01 Å². The van der Waals surface area contributed by atoms with Gasteiger partial charge in [0.25, 0.3) is 0 Å². The Bertz CT molecular complexity index is 289. The van der Waals surface area contributed by atoms with Crippen molar-refractivity contribution in [2.45, 2.75) is 29.4 Å². The molecule has 6 heteroatoms. The molecule has 0 atom stereocenters. The molecule has 0 fully saturated rings. The van der Waals surface area contributed by atoms with Crippen LogP contribution in [0.15, 0.2) is 4.34 Å². The fourth-order valence-electron chi connectivity index (χ4n) is 1.27. The van der Waals surface area contributed by atoms with Gasteiger partial charge in [-0.3, -0.25) is 0 Å². The van der Waals surface area contributed by atoms with Crippen LogP contribution in [0.1, 0.15) is 24.3 Å². The van der Waals surface area contributed by atoms with Gasteiger partial charge in [0.15, 0.2) is 4.34 Å². The van der Waals surface area contributed by atoms with Crippen LogP contribution in [0.4, 0.5) is 0 Å². The molecule has 0 amide bonds. The summed E-state index contributed by atoms with van der Waals surface area (Å²) in [5.74, 6) is 2.20. The van der Waals surface area contributed by atoms with Gasteiger partial charge in [0.2, 0.25) is 0 Å². The fourth-order valence-corrected chi connectivity index (χ4v) is 3.28. The van der Waals surface area contributed by atoms with E-state index in [1.807, 2.05) is 11.8 Å². The highest BCUT2D eigenvalue weighted by atomic mass is 32.2. The van der Waals surface area contributed by atoms with E-state index >= 15 is 0 Å². The Labute approximate surface area is 111 Å². The number of unbranched alkanes of at least 4 members (excludes halogenated alkanes) is 2. The van der Waals surface area contributed by atoms with E-state index in [-0.39, 0.29) is 0 Å². The van der Waals surface area contributed by atoms with E-state index in [9.17, 15) is 0 Å². The van der Waals surface area contributed by atoms with Gasteiger partial charge in [0.05, 0.1) is 0 Å². The summed E-state index contributed by atoms with van der Waals surface area (Å²) in [5, 5.41) is 9.00. The van der Waals surface area contributed by atoms with Crippen molar-refractivity contribution in [2.75, 3.05) is 26.4 Å². The molecule has 92 valence electrons. The van der Waals surface area contributed by atoms with Gasteiger partial charge in [0.1, 0.15) is 5.01 Å². The van der Waals surface area contributed by atoms with E-state index < -0.39 is 0 Å². The third-order valence-corrected chi connectivity index (χ3v) is 4.40. The number of hydrogen-bond acceptors (Lipinski definition) is 6. The van der Waals surface area contributed by atoms with E-state index in [4.69, 9.17) is 0 Å². The molecule has 1 aromatic heterocycles. The molecule has 0 spiro atoms. The van der Waals surface area contributed by atoms with Crippen LogP contribution in [-0.4, -0.2) is 41.5 Å². The van der Waals surface area contributed by atoms with Gasteiger partial charge >= 0.3 is 0 Å². The molecule has 0 bridgehead atoms. The second-order valence-electron chi connectivity index (χ2n) is 3.89. The Balaban J connectivity index is 1.92. The zero-order valence-electron chi connectivity index (χ0n) is 9.85. The second-order valence-corrected chi connectivity index (χ2v) is 6.79. The largest absolute Gasteiger partial charge is 0.309 e. The lowest BCUT2D eigenvalue weighted by molar-refractivity contribution is 0.394. The molecule has 1 heterocycles. The van der Waals surface area contributed by atoms with Gasteiger partial charge in [-0.05, 0) is 39.2 Å². The van der Waals surface area contributed by atoms with E-state index in [1.54, 1.807) is 11.3 Å². The summed E-state index contributed by atoms with van der Waals surface area (Å²) in [6.07, 6.45) is 3.91. The molecule has 16 heavy (non-hydrogen) atoms. The summed E-state index contributed by atoms with van der Waals surface area (Å²) in [5.41, 5.74) is 0. The van der Waals surface area contributed by atoms with E-state index in [0.717, 1.165) is 15.1 Å². The minimum absolute atomic E-state index is 0.765. The highest BCUT2D eigenvalue weighted by Crippen LogP contribution is 2.19. The molecule has 0 aliphatic carbocycles. The first kappa shape index (κ1) is 14.3. The van der Waals surface area contributed by atoms with Crippen LogP contribution in [0.2, 0.25) is 0 Å². The summed E-state index contributed by atoms with van der Waals surface area (Å²) >= 11 is 7.66. The normalized spacial score (nSPS) is 11.2. The third kappa shape index (κ3) is 6.73. The molecule has 1 aromatic rings. The molecule has 0 unspecified atom stereocenters. The molecular formula is C10H19N3S3. The Kier molecular flexibility index (Phi) is 7.44. The second kappa shape index (κ2) is 8.33. The molecule has 0 N–H and O–H groups in total. The monoisotopic (exact) mass is 277 g/mol. The van der Waals surface area contributed by atoms with Crippen molar-refractivity contribution in [2.24, 2.45) is 0 Å². The predicted molar refractivity (Wildman–Crippen MR) is 75.7 cm³/mol. The van der Waals surface area contributed by atoms with Crippen molar-refractivity contribution in [3.8, 4) is 0 Å². The number of thiol groups is 1. The number of rotatable bonds is 8. The van der Waals surface area contributed by atoms with Gasteiger partial charge in [-0.15, -0.1) is 22.8 Å². The number of aromatic nitrogens is 2. The van der Waals surface area contributed by atoms with Gasteiger partial charge < -0.3 is 4.90 Å².